The molecule has 0 aliphatic carbocycles. The van der Waals surface area contributed by atoms with Gasteiger partial charge in [-0.3, -0.25) is 4.21 Å². The Hall–Kier alpha value is -0.380. The van der Waals surface area contributed by atoms with E-state index in [-0.39, 0.29) is 12.4 Å². The molecule has 2 rings (SSSR count). The molecule has 0 spiro atoms. The van der Waals surface area contributed by atoms with Gasteiger partial charge in [-0.25, -0.2) is 0 Å². The molecule has 1 fully saturated rings. The first-order valence-electron chi connectivity index (χ1n) is 6.52. The number of hydrogen-bond donors (Lipinski definition) is 0. The van der Waals surface area contributed by atoms with Gasteiger partial charge in [0.1, 0.15) is 0 Å². The van der Waals surface area contributed by atoms with Gasteiger partial charge in [-0.1, -0.05) is 24.6 Å². The monoisotopic (exact) mass is 287 g/mol. The van der Waals surface area contributed by atoms with Crippen LogP contribution in [0.25, 0.3) is 0 Å². The van der Waals surface area contributed by atoms with Crippen molar-refractivity contribution in [2.24, 2.45) is 0 Å². The minimum atomic E-state index is -0.814. The summed E-state index contributed by atoms with van der Waals surface area (Å²) in [6.07, 6.45) is 5.09. The van der Waals surface area contributed by atoms with Gasteiger partial charge in [0.2, 0.25) is 0 Å². The number of hydrogen-bond acceptors (Lipinski definition) is 2. The summed E-state index contributed by atoms with van der Waals surface area (Å²) in [5.74, 6) is 0.792. The van der Waals surface area contributed by atoms with Gasteiger partial charge in [-0.05, 0) is 51.0 Å². The van der Waals surface area contributed by atoms with E-state index < -0.39 is 10.8 Å². The van der Waals surface area contributed by atoms with Crippen LogP contribution in [0.15, 0.2) is 35.2 Å². The van der Waals surface area contributed by atoms with E-state index in [0.29, 0.717) is 0 Å². The lowest BCUT2D eigenvalue weighted by Crippen LogP contribution is -2.31. The summed E-state index contributed by atoms with van der Waals surface area (Å²) in [4.78, 5) is 3.47. The van der Waals surface area contributed by atoms with Crippen LogP contribution >= 0.6 is 12.4 Å². The van der Waals surface area contributed by atoms with Gasteiger partial charge in [0.25, 0.3) is 0 Å². The summed E-state index contributed by atoms with van der Waals surface area (Å²) >= 11 is 0. The topological polar surface area (TPSA) is 20.3 Å². The predicted molar refractivity (Wildman–Crippen MR) is 79.9 cm³/mol. The number of benzene rings is 1. The van der Waals surface area contributed by atoms with Gasteiger partial charge in [0.15, 0.2) is 0 Å². The smallest absolute Gasteiger partial charge is 0.0529 e. The highest BCUT2D eigenvalue weighted by Gasteiger charge is 2.10. The largest absolute Gasteiger partial charge is 0.303 e. The molecule has 0 bridgehead atoms. The molecule has 0 aromatic heterocycles. The van der Waals surface area contributed by atoms with Crippen molar-refractivity contribution >= 4 is 23.2 Å². The molecule has 0 amide bonds. The number of halogens is 1. The summed E-state index contributed by atoms with van der Waals surface area (Å²) in [5.41, 5.74) is 0. The Morgan fingerprint density at radius 1 is 1.06 bits per heavy atom. The SMILES string of the molecule is Cl.O=S(CCCN1CCCCC1)c1ccccc1. The van der Waals surface area contributed by atoms with Crippen molar-refractivity contribution in [3.05, 3.63) is 30.3 Å². The Morgan fingerprint density at radius 2 is 1.72 bits per heavy atom. The van der Waals surface area contributed by atoms with Crippen molar-refractivity contribution in [3.63, 3.8) is 0 Å². The van der Waals surface area contributed by atoms with Crippen LogP contribution in [0.2, 0.25) is 0 Å². The van der Waals surface area contributed by atoms with E-state index in [2.05, 4.69) is 4.90 Å². The first-order chi connectivity index (χ1) is 8.36. The Kier molecular flexibility index (Phi) is 7.56. The number of rotatable bonds is 5. The fourth-order valence-electron chi connectivity index (χ4n) is 2.29. The van der Waals surface area contributed by atoms with Crippen LogP contribution in [0, 0.1) is 0 Å². The molecule has 0 N–H and O–H groups in total. The van der Waals surface area contributed by atoms with Crippen LogP contribution in [0.5, 0.6) is 0 Å². The second kappa shape index (κ2) is 8.68. The van der Waals surface area contributed by atoms with E-state index in [0.717, 1.165) is 23.6 Å². The molecule has 1 heterocycles. The van der Waals surface area contributed by atoms with E-state index in [1.807, 2.05) is 30.3 Å². The fraction of sp³-hybridized carbons (Fsp3) is 0.571. The maximum atomic E-state index is 12.0. The minimum absolute atomic E-state index is 0. The van der Waals surface area contributed by atoms with E-state index in [4.69, 9.17) is 0 Å². The predicted octanol–water partition coefficient (Wildman–Crippen LogP) is 3.09. The highest BCUT2D eigenvalue weighted by atomic mass is 35.5. The molecular weight excluding hydrogens is 266 g/mol. The summed E-state index contributed by atoms with van der Waals surface area (Å²) in [6, 6.07) is 9.79. The van der Waals surface area contributed by atoms with Gasteiger partial charge >= 0.3 is 0 Å². The van der Waals surface area contributed by atoms with Crippen molar-refractivity contribution in [3.8, 4) is 0 Å². The second-order valence-corrected chi connectivity index (χ2v) is 6.19. The van der Waals surface area contributed by atoms with Crippen molar-refractivity contribution in [1.29, 1.82) is 0 Å². The third kappa shape index (κ3) is 5.09. The van der Waals surface area contributed by atoms with E-state index >= 15 is 0 Å². The van der Waals surface area contributed by atoms with Gasteiger partial charge in [0, 0.05) is 10.6 Å². The minimum Gasteiger partial charge on any atom is -0.303 e. The zero-order valence-corrected chi connectivity index (χ0v) is 12.3. The maximum absolute atomic E-state index is 12.0. The van der Waals surface area contributed by atoms with Crippen LogP contribution < -0.4 is 0 Å². The quantitative estimate of drug-likeness (QED) is 0.829. The van der Waals surface area contributed by atoms with Crippen molar-refractivity contribution in [2.75, 3.05) is 25.4 Å². The summed E-state index contributed by atoms with van der Waals surface area (Å²) in [7, 11) is -0.814. The lowest BCUT2D eigenvalue weighted by atomic mass is 10.1. The molecule has 102 valence electrons. The Morgan fingerprint density at radius 3 is 2.39 bits per heavy atom. The van der Waals surface area contributed by atoms with Crippen LogP contribution in [-0.4, -0.2) is 34.5 Å². The second-order valence-electron chi connectivity index (χ2n) is 4.62. The molecule has 1 aliphatic heterocycles. The molecule has 4 heteroatoms. The summed E-state index contributed by atoms with van der Waals surface area (Å²) in [6.45, 7) is 3.58. The maximum Gasteiger partial charge on any atom is 0.0529 e. The third-order valence-corrected chi connectivity index (χ3v) is 4.72. The van der Waals surface area contributed by atoms with Crippen LogP contribution in [0.3, 0.4) is 0 Å². The molecule has 0 saturated carbocycles. The zero-order valence-electron chi connectivity index (χ0n) is 10.7. The normalized spacial score (nSPS) is 18.0. The molecule has 18 heavy (non-hydrogen) atoms. The summed E-state index contributed by atoms with van der Waals surface area (Å²) in [5, 5.41) is 0. The first-order valence-corrected chi connectivity index (χ1v) is 7.84. The van der Waals surface area contributed by atoms with Gasteiger partial charge in [0.05, 0.1) is 10.8 Å². The number of nitrogens with zero attached hydrogens (tertiary/aromatic N) is 1. The molecule has 1 saturated heterocycles. The van der Waals surface area contributed by atoms with E-state index in [1.54, 1.807) is 0 Å². The standard InChI is InChI=1S/C14H21NOS.ClH/c16-17(14-8-3-1-4-9-14)13-7-12-15-10-5-2-6-11-15;/h1,3-4,8-9H,2,5-7,10-13H2;1H. The first kappa shape index (κ1) is 15.7. The van der Waals surface area contributed by atoms with Gasteiger partial charge in [-0.15, -0.1) is 12.4 Å². The molecule has 1 aromatic carbocycles. The summed E-state index contributed by atoms with van der Waals surface area (Å²) < 4.78 is 12.0. The van der Waals surface area contributed by atoms with E-state index in [9.17, 15) is 4.21 Å². The van der Waals surface area contributed by atoms with Crippen molar-refractivity contribution in [2.45, 2.75) is 30.6 Å². The third-order valence-electron chi connectivity index (χ3n) is 3.26. The van der Waals surface area contributed by atoms with E-state index in [1.165, 1.54) is 32.4 Å². The zero-order chi connectivity index (χ0) is 11.9. The average Bonchev–Trinajstić information content (AvgIpc) is 2.41. The molecule has 1 atom stereocenters. The van der Waals surface area contributed by atoms with Gasteiger partial charge < -0.3 is 4.90 Å². The van der Waals surface area contributed by atoms with Crippen LogP contribution in [0.1, 0.15) is 25.7 Å². The highest BCUT2D eigenvalue weighted by molar-refractivity contribution is 7.85. The average molecular weight is 288 g/mol. The Labute approximate surface area is 119 Å². The molecule has 1 unspecified atom stereocenters. The lowest BCUT2D eigenvalue weighted by Gasteiger charge is -2.26. The molecule has 1 aliphatic rings. The molecular formula is C14H22ClNOS. The van der Waals surface area contributed by atoms with Crippen molar-refractivity contribution in [1.82, 2.24) is 4.90 Å². The van der Waals surface area contributed by atoms with Crippen LogP contribution in [-0.2, 0) is 10.8 Å². The fourth-order valence-corrected chi connectivity index (χ4v) is 3.38. The van der Waals surface area contributed by atoms with Gasteiger partial charge in [-0.2, -0.15) is 0 Å². The molecule has 2 nitrogen and oxygen atoms in total. The van der Waals surface area contributed by atoms with Crippen molar-refractivity contribution < 1.29 is 4.21 Å². The van der Waals surface area contributed by atoms with Crippen LogP contribution in [0.4, 0.5) is 0 Å². The lowest BCUT2D eigenvalue weighted by molar-refractivity contribution is 0.230. The number of likely N-dealkylation sites (tertiary alicyclic amines) is 1. The molecule has 0 radical (unpaired) electrons. The Bertz CT molecular complexity index is 352. The number of piperidine rings is 1. The Balaban J connectivity index is 0.00000162. The molecule has 1 aromatic rings. The highest BCUT2D eigenvalue weighted by Crippen LogP contribution is 2.10.